The van der Waals surface area contributed by atoms with Gasteiger partial charge in [-0.25, -0.2) is 4.98 Å². The fourth-order valence-corrected chi connectivity index (χ4v) is 2.09. The molecule has 0 unspecified atom stereocenters. The molecule has 1 saturated carbocycles. The second kappa shape index (κ2) is 4.53. The van der Waals surface area contributed by atoms with E-state index in [1.54, 1.807) is 13.3 Å². The molecular formula is C13H14ClN3O. The molecule has 1 aromatic heterocycles. The maximum absolute atomic E-state index is 6.14. The molecule has 1 aromatic carbocycles. The van der Waals surface area contributed by atoms with Crippen molar-refractivity contribution in [3.8, 4) is 11.4 Å². The Morgan fingerprint density at radius 3 is 2.94 bits per heavy atom. The number of benzene rings is 1. The van der Waals surface area contributed by atoms with Gasteiger partial charge in [0.1, 0.15) is 5.75 Å². The Morgan fingerprint density at radius 2 is 2.28 bits per heavy atom. The summed E-state index contributed by atoms with van der Waals surface area (Å²) in [5.41, 5.74) is 0.974. The fraction of sp³-hybridized carbons (Fsp3) is 0.308. The SMILES string of the molecule is COc1ccc(-n2ccnc2NC2CC2)cc1Cl. The van der Waals surface area contributed by atoms with Crippen molar-refractivity contribution in [3.63, 3.8) is 0 Å². The zero-order valence-corrected chi connectivity index (χ0v) is 10.8. The van der Waals surface area contributed by atoms with Crippen LogP contribution in [-0.2, 0) is 0 Å². The molecular weight excluding hydrogens is 250 g/mol. The highest BCUT2D eigenvalue weighted by atomic mass is 35.5. The molecule has 0 aliphatic heterocycles. The van der Waals surface area contributed by atoms with E-state index in [-0.39, 0.29) is 0 Å². The summed E-state index contributed by atoms with van der Waals surface area (Å²) in [7, 11) is 1.61. The monoisotopic (exact) mass is 263 g/mol. The standard InChI is InChI=1S/C13H14ClN3O/c1-18-12-5-4-10(8-11(12)14)17-7-6-15-13(17)16-9-2-3-9/h4-9H,2-3H2,1H3,(H,15,16). The summed E-state index contributed by atoms with van der Waals surface area (Å²) >= 11 is 6.14. The Labute approximate surface area is 111 Å². The minimum absolute atomic E-state index is 0.569. The number of anilines is 1. The lowest BCUT2D eigenvalue weighted by Crippen LogP contribution is -2.07. The number of hydrogen-bond acceptors (Lipinski definition) is 3. The molecule has 1 aliphatic carbocycles. The number of nitrogens with one attached hydrogen (secondary N) is 1. The molecule has 1 fully saturated rings. The average Bonchev–Trinajstić information content (AvgIpc) is 3.05. The van der Waals surface area contributed by atoms with Gasteiger partial charge in [-0.3, -0.25) is 4.57 Å². The summed E-state index contributed by atoms with van der Waals surface area (Å²) in [5.74, 6) is 1.54. The molecule has 0 spiro atoms. The number of ether oxygens (including phenoxy) is 1. The van der Waals surface area contributed by atoms with E-state index in [9.17, 15) is 0 Å². The highest BCUT2D eigenvalue weighted by molar-refractivity contribution is 6.32. The van der Waals surface area contributed by atoms with Crippen LogP contribution in [0, 0.1) is 0 Å². The van der Waals surface area contributed by atoms with E-state index in [1.165, 1.54) is 12.8 Å². The summed E-state index contributed by atoms with van der Waals surface area (Å²) in [6.45, 7) is 0. The van der Waals surface area contributed by atoms with Gasteiger partial charge >= 0.3 is 0 Å². The second-order valence-electron chi connectivity index (χ2n) is 4.36. The van der Waals surface area contributed by atoms with Crippen molar-refractivity contribution in [2.75, 3.05) is 12.4 Å². The number of aromatic nitrogens is 2. The van der Waals surface area contributed by atoms with Gasteiger partial charge in [-0.15, -0.1) is 0 Å². The average molecular weight is 264 g/mol. The van der Waals surface area contributed by atoms with Crippen LogP contribution < -0.4 is 10.1 Å². The molecule has 0 atom stereocenters. The highest BCUT2D eigenvalue weighted by Gasteiger charge is 2.22. The van der Waals surface area contributed by atoms with E-state index in [0.717, 1.165) is 11.6 Å². The predicted octanol–water partition coefficient (Wildman–Crippen LogP) is 3.11. The Bertz CT molecular complexity index is 563. The van der Waals surface area contributed by atoms with Gasteiger partial charge < -0.3 is 10.1 Å². The zero-order chi connectivity index (χ0) is 12.5. The number of methoxy groups -OCH3 is 1. The zero-order valence-electron chi connectivity index (χ0n) is 10.1. The van der Waals surface area contributed by atoms with E-state index in [0.29, 0.717) is 16.8 Å². The summed E-state index contributed by atoms with van der Waals surface area (Å²) in [6, 6.07) is 6.27. The van der Waals surface area contributed by atoms with Crippen molar-refractivity contribution in [1.29, 1.82) is 0 Å². The topological polar surface area (TPSA) is 39.1 Å². The van der Waals surface area contributed by atoms with E-state index < -0.39 is 0 Å². The predicted molar refractivity (Wildman–Crippen MR) is 71.8 cm³/mol. The van der Waals surface area contributed by atoms with Crippen LogP contribution in [0.15, 0.2) is 30.6 Å². The lowest BCUT2D eigenvalue weighted by Gasteiger charge is -2.10. The van der Waals surface area contributed by atoms with E-state index in [4.69, 9.17) is 16.3 Å². The third-order valence-corrected chi connectivity index (χ3v) is 3.26. The highest BCUT2D eigenvalue weighted by Crippen LogP contribution is 2.29. The third-order valence-electron chi connectivity index (χ3n) is 2.96. The van der Waals surface area contributed by atoms with Crippen molar-refractivity contribution in [2.24, 2.45) is 0 Å². The maximum atomic E-state index is 6.14. The van der Waals surface area contributed by atoms with Crippen LogP contribution in [0.25, 0.3) is 5.69 Å². The summed E-state index contributed by atoms with van der Waals surface area (Å²) in [4.78, 5) is 4.32. The van der Waals surface area contributed by atoms with Crippen molar-refractivity contribution in [1.82, 2.24) is 9.55 Å². The van der Waals surface area contributed by atoms with Crippen LogP contribution >= 0.6 is 11.6 Å². The number of halogens is 1. The molecule has 1 N–H and O–H groups in total. The Balaban J connectivity index is 1.93. The van der Waals surface area contributed by atoms with E-state index >= 15 is 0 Å². The van der Waals surface area contributed by atoms with Crippen LogP contribution in [0.4, 0.5) is 5.95 Å². The Hall–Kier alpha value is -1.68. The third kappa shape index (κ3) is 2.16. The van der Waals surface area contributed by atoms with Gasteiger partial charge in [0.15, 0.2) is 0 Å². The van der Waals surface area contributed by atoms with Crippen LogP contribution in [0.5, 0.6) is 5.75 Å². The van der Waals surface area contributed by atoms with Gasteiger partial charge in [-0.1, -0.05) is 11.6 Å². The molecule has 2 aromatic rings. The van der Waals surface area contributed by atoms with Gasteiger partial charge in [0.25, 0.3) is 0 Å². The van der Waals surface area contributed by atoms with Crippen molar-refractivity contribution in [2.45, 2.75) is 18.9 Å². The van der Waals surface area contributed by atoms with Gasteiger partial charge in [0.05, 0.1) is 17.8 Å². The van der Waals surface area contributed by atoms with E-state index in [2.05, 4.69) is 10.3 Å². The van der Waals surface area contributed by atoms with Crippen molar-refractivity contribution in [3.05, 3.63) is 35.6 Å². The number of rotatable bonds is 4. The lowest BCUT2D eigenvalue weighted by molar-refractivity contribution is 0.415. The summed E-state index contributed by atoms with van der Waals surface area (Å²) in [6.07, 6.45) is 6.14. The lowest BCUT2D eigenvalue weighted by atomic mass is 10.3. The molecule has 5 heteroatoms. The quantitative estimate of drug-likeness (QED) is 0.921. The van der Waals surface area contributed by atoms with Crippen LogP contribution in [0.3, 0.4) is 0 Å². The van der Waals surface area contributed by atoms with Crippen LogP contribution in [-0.4, -0.2) is 22.7 Å². The molecule has 0 saturated heterocycles. The Kier molecular flexibility index (Phi) is 2.88. The minimum Gasteiger partial charge on any atom is -0.495 e. The smallest absolute Gasteiger partial charge is 0.207 e. The molecule has 0 radical (unpaired) electrons. The van der Waals surface area contributed by atoms with E-state index in [1.807, 2.05) is 29.0 Å². The minimum atomic E-state index is 0.569. The normalized spacial score (nSPS) is 14.6. The summed E-state index contributed by atoms with van der Waals surface area (Å²) in [5, 5.41) is 3.99. The molecule has 0 bridgehead atoms. The first-order chi connectivity index (χ1) is 8.78. The molecule has 0 amide bonds. The second-order valence-corrected chi connectivity index (χ2v) is 4.77. The number of nitrogens with zero attached hydrogens (tertiary/aromatic N) is 2. The molecule has 94 valence electrons. The van der Waals surface area contributed by atoms with Crippen molar-refractivity contribution < 1.29 is 4.74 Å². The van der Waals surface area contributed by atoms with Crippen LogP contribution in [0.2, 0.25) is 5.02 Å². The first kappa shape index (κ1) is 11.4. The molecule has 3 rings (SSSR count). The maximum Gasteiger partial charge on any atom is 0.207 e. The van der Waals surface area contributed by atoms with Gasteiger partial charge in [-0.2, -0.15) is 0 Å². The van der Waals surface area contributed by atoms with Gasteiger partial charge in [0, 0.05) is 18.4 Å². The Morgan fingerprint density at radius 1 is 1.44 bits per heavy atom. The molecule has 18 heavy (non-hydrogen) atoms. The largest absolute Gasteiger partial charge is 0.495 e. The van der Waals surface area contributed by atoms with Gasteiger partial charge in [0.2, 0.25) is 5.95 Å². The van der Waals surface area contributed by atoms with Crippen molar-refractivity contribution >= 4 is 17.5 Å². The fourth-order valence-electron chi connectivity index (χ4n) is 1.83. The van der Waals surface area contributed by atoms with Gasteiger partial charge in [-0.05, 0) is 31.0 Å². The molecule has 1 aliphatic rings. The first-order valence-electron chi connectivity index (χ1n) is 5.92. The first-order valence-corrected chi connectivity index (χ1v) is 6.29. The number of imidazole rings is 1. The number of hydrogen-bond donors (Lipinski definition) is 1. The molecule has 4 nitrogen and oxygen atoms in total. The van der Waals surface area contributed by atoms with Crippen LogP contribution in [0.1, 0.15) is 12.8 Å². The summed E-state index contributed by atoms with van der Waals surface area (Å²) < 4.78 is 7.14. The molecule has 1 heterocycles.